The lowest BCUT2D eigenvalue weighted by molar-refractivity contribution is 0.0627. The molecule has 1 aliphatic heterocycles. The Bertz CT molecular complexity index is 526. The van der Waals surface area contributed by atoms with E-state index in [1.54, 1.807) is 0 Å². The fourth-order valence-electron chi connectivity index (χ4n) is 3.94. The van der Waals surface area contributed by atoms with Crippen molar-refractivity contribution in [3.63, 3.8) is 0 Å². The van der Waals surface area contributed by atoms with Crippen molar-refractivity contribution in [2.45, 2.75) is 51.6 Å². The molecule has 3 rings (SSSR count). The molecule has 0 saturated heterocycles. The number of hydrogen-bond donors (Lipinski definition) is 1. The van der Waals surface area contributed by atoms with Crippen LogP contribution in [0.25, 0.3) is 0 Å². The first-order chi connectivity index (χ1) is 10.2. The van der Waals surface area contributed by atoms with Crippen LogP contribution < -0.4 is 5.32 Å². The summed E-state index contributed by atoms with van der Waals surface area (Å²) in [6.07, 6.45) is 5.93. The van der Waals surface area contributed by atoms with Crippen LogP contribution in [0, 0.1) is 5.92 Å². The number of carbonyl (C=O) groups is 1. The second kappa shape index (κ2) is 6.18. The molecule has 2 unspecified atom stereocenters. The number of amides is 1. The first-order valence-corrected chi connectivity index (χ1v) is 8.27. The van der Waals surface area contributed by atoms with E-state index >= 15 is 0 Å². The van der Waals surface area contributed by atoms with E-state index < -0.39 is 0 Å². The Morgan fingerprint density at radius 2 is 2.10 bits per heavy atom. The molecule has 1 amide bonds. The lowest BCUT2D eigenvalue weighted by atomic mass is 9.84. The third-order valence-corrected chi connectivity index (χ3v) is 5.25. The Labute approximate surface area is 127 Å². The van der Waals surface area contributed by atoms with Gasteiger partial charge in [0, 0.05) is 25.2 Å². The number of nitrogens with zero attached hydrogens (tertiary/aromatic N) is 1. The van der Waals surface area contributed by atoms with E-state index in [-0.39, 0.29) is 5.91 Å². The number of carbonyl (C=O) groups excluding carboxylic acids is 1. The third-order valence-electron chi connectivity index (χ3n) is 5.25. The number of hydrogen-bond acceptors (Lipinski definition) is 2. The molecule has 1 aromatic rings. The first-order valence-electron chi connectivity index (χ1n) is 8.27. The molecule has 21 heavy (non-hydrogen) atoms. The molecule has 0 spiro atoms. The van der Waals surface area contributed by atoms with E-state index in [2.05, 4.69) is 18.3 Å². The van der Waals surface area contributed by atoms with Crippen LogP contribution in [0.1, 0.15) is 54.1 Å². The zero-order valence-corrected chi connectivity index (χ0v) is 13.2. The summed E-state index contributed by atoms with van der Waals surface area (Å²) in [5, 5.41) is 3.38. The van der Waals surface area contributed by atoms with Crippen LogP contribution in [0.4, 0.5) is 0 Å². The van der Waals surface area contributed by atoms with Gasteiger partial charge in [-0.3, -0.25) is 4.79 Å². The molecule has 0 radical (unpaired) electrons. The Hall–Kier alpha value is -1.35. The molecule has 114 valence electrons. The highest BCUT2D eigenvalue weighted by Gasteiger charge is 2.29. The highest BCUT2D eigenvalue weighted by atomic mass is 16.2. The Morgan fingerprint density at radius 3 is 2.90 bits per heavy atom. The van der Waals surface area contributed by atoms with Crippen molar-refractivity contribution < 1.29 is 4.79 Å². The molecular weight excluding hydrogens is 260 g/mol. The van der Waals surface area contributed by atoms with Gasteiger partial charge >= 0.3 is 0 Å². The van der Waals surface area contributed by atoms with Gasteiger partial charge < -0.3 is 10.2 Å². The largest absolute Gasteiger partial charge is 0.338 e. The van der Waals surface area contributed by atoms with Crippen molar-refractivity contribution >= 4 is 5.91 Å². The van der Waals surface area contributed by atoms with Gasteiger partial charge in [0.2, 0.25) is 0 Å². The van der Waals surface area contributed by atoms with E-state index in [0.717, 1.165) is 31.5 Å². The number of fused-ring (bicyclic) bond motifs is 1. The minimum atomic E-state index is 0.215. The minimum Gasteiger partial charge on any atom is -0.338 e. The van der Waals surface area contributed by atoms with Gasteiger partial charge in [-0.05, 0) is 48.9 Å². The van der Waals surface area contributed by atoms with Crippen molar-refractivity contribution in [1.82, 2.24) is 10.2 Å². The fourth-order valence-corrected chi connectivity index (χ4v) is 3.94. The summed E-state index contributed by atoms with van der Waals surface area (Å²) in [4.78, 5) is 15.0. The van der Waals surface area contributed by atoms with Gasteiger partial charge in [0.05, 0.1) is 0 Å². The van der Waals surface area contributed by atoms with Crippen molar-refractivity contribution in [2.24, 2.45) is 5.92 Å². The molecule has 1 aromatic carbocycles. The maximum atomic E-state index is 13.0. The van der Waals surface area contributed by atoms with Crippen molar-refractivity contribution in [3.8, 4) is 0 Å². The highest BCUT2D eigenvalue weighted by molar-refractivity contribution is 5.96. The summed E-state index contributed by atoms with van der Waals surface area (Å²) in [5.41, 5.74) is 3.48. The number of nitrogens with one attached hydrogen (secondary N) is 1. The third kappa shape index (κ3) is 2.84. The molecule has 1 heterocycles. The van der Waals surface area contributed by atoms with E-state index in [9.17, 15) is 4.79 Å². The maximum absolute atomic E-state index is 13.0. The molecule has 1 saturated carbocycles. The molecule has 1 aliphatic carbocycles. The predicted molar refractivity (Wildman–Crippen MR) is 85.4 cm³/mol. The standard InChI is InChI=1S/C18H26N2O/c1-13-6-3-4-9-17(13)20(2)18(21)16-8-5-7-14-12-19-11-10-15(14)16/h5,7-8,13,17,19H,3-4,6,9-12H2,1-2H3. The van der Waals surface area contributed by atoms with Gasteiger partial charge in [-0.15, -0.1) is 0 Å². The molecule has 2 aliphatic rings. The molecule has 3 heteroatoms. The summed E-state index contributed by atoms with van der Waals surface area (Å²) in [5.74, 6) is 0.835. The van der Waals surface area contributed by atoms with Crippen LogP contribution in [0.5, 0.6) is 0 Å². The summed E-state index contributed by atoms with van der Waals surface area (Å²) in [6, 6.07) is 6.58. The molecule has 1 N–H and O–H groups in total. The quantitative estimate of drug-likeness (QED) is 0.906. The summed E-state index contributed by atoms with van der Waals surface area (Å²) >= 11 is 0. The van der Waals surface area contributed by atoms with Crippen LogP contribution in [0.3, 0.4) is 0 Å². The topological polar surface area (TPSA) is 32.3 Å². The fraction of sp³-hybridized carbons (Fsp3) is 0.611. The average molecular weight is 286 g/mol. The van der Waals surface area contributed by atoms with Crippen molar-refractivity contribution in [1.29, 1.82) is 0 Å². The zero-order valence-electron chi connectivity index (χ0n) is 13.2. The molecular formula is C18H26N2O. The Kier molecular flexibility index (Phi) is 4.29. The van der Waals surface area contributed by atoms with E-state index in [1.165, 1.54) is 30.4 Å². The van der Waals surface area contributed by atoms with Gasteiger partial charge in [0.15, 0.2) is 0 Å². The number of rotatable bonds is 2. The zero-order chi connectivity index (χ0) is 14.8. The smallest absolute Gasteiger partial charge is 0.254 e. The Balaban J connectivity index is 1.84. The first kappa shape index (κ1) is 14.6. The SMILES string of the molecule is CC1CCCCC1N(C)C(=O)c1cccc2c1CCNC2. The summed E-state index contributed by atoms with van der Waals surface area (Å²) in [7, 11) is 2.00. The van der Waals surface area contributed by atoms with Gasteiger partial charge in [0.1, 0.15) is 0 Å². The van der Waals surface area contributed by atoms with E-state index in [1.807, 2.05) is 24.1 Å². The van der Waals surface area contributed by atoms with Gasteiger partial charge in [-0.1, -0.05) is 31.9 Å². The van der Waals surface area contributed by atoms with Crippen LogP contribution in [0.15, 0.2) is 18.2 Å². The average Bonchev–Trinajstić information content (AvgIpc) is 2.53. The lowest BCUT2D eigenvalue weighted by Gasteiger charge is -2.37. The second-order valence-electron chi connectivity index (χ2n) is 6.62. The van der Waals surface area contributed by atoms with Crippen molar-refractivity contribution in [2.75, 3.05) is 13.6 Å². The molecule has 1 fully saturated rings. The molecule has 0 bridgehead atoms. The Morgan fingerprint density at radius 1 is 1.29 bits per heavy atom. The minimum absolute atomic E-state index is 0.215. The van der Waals surface area contributed by atoms with Crippen molar-refractivity contribution in [3.05, 3.63) is 34.9 Å². The van der Waals surface area contributed by atoms with E-state index in [0.29, 0.717) is 12.0 Å². The lowest BCUT2D eigenvalue weighted by Crippen LogP contribution is -2.43. The molecule has 0 aromatic heterocycles. The summed E-state index contributed by atoms with van der Waals surface area (Å²) in [6.45, 7) is 4.15. The summed E-state index contributed by atoms with van der Waals surface area (Å²) < 4.78 is 0. The van der Waals surface area contributed by atoms with Gasteiger partial charge in [-0.2, -0.15) is 0 Å². The van der Waals surface area contributed by atoms with E-state index in [4.69, 9.17) is 0 Å². The van der Waals surface area contributed by atoms with Crippen LogP contribution in [-0.4, -0.2) is 30.4 Å². The maximum Gasteiger partial charge on any atom is 0.254 e. The second-order valence-corrected chi connectivity index (χ2v) is 6.62. The predicted octanol–water partition coefficient (Wildman–Crippen LogP) is 2.98. The van der Waals surface area contributed by atoms with Crippen LogP contribution in [-0.2, 0) is 13.0 Å². The highest BCUT2D eigenvalue weighted by Crippen LogP contribution is 2.29. The molecule has 3 nitrogen and oxygen atoms in total. The monoisotopic (exact) mass is 286 g/mol. The van der Waals surface area contributed by atoms with Gasteiger partial charge in [-0.25, -0.2) is 0 Å². The molecule has 2 atom stereocenters. The van der Waals surface area contributed by atoms with Crippen LogP contribution >= 0.6 is 0 Å². The number of benzene rings is 1. The normalized spacial score (nSPS) is 25.2. The van der Waals surface area contributed by atoms with Crippen LogP contribution in [0.2, 0.25) is 0 Å². The van der Waals surface area contributed by atoms with Gasteiger partial charge in [0.25, 0.3) is 5.91 Å².